The third kappa shape index (κ3) is 3.51. The van der Waals surface area contributed by atoms with Crippen LogP contribution in [-0.4, -0.2) is 50.9 Å². The fourth-order valence-corrected chi connectivity index (χ4v) is 3.32. The van der Waals surface area contributed by atoms with Crippen molar-refractivity contribution in [1.82, 2.24) is 24.7 Å². The van der Waals surface area contributed by atoms with Crippen molar-refractivity contribution in [2.24, 2.45) is 0 Å². The van der Waals surface area contributed by atoms with Crippen LogP contribution in [-0.2, 0) is 6.67 Å². The maximum absolute atomic E-state index is 13.1. The van der Waals surface area contributed by atoms with E-state index in [1.54, 1.807) is 9.36 Å². The van der Waals surface area contributed by atoms with Gasteiger partial charge in [0.1, 0.15) is 5.82 Å². The Labute approximate surface area is 156 Å². The molecule has 0 amide bonds. The number of tetrazole rings is 1. The first-order valence-electron chi connectivity index (χ1n) is 8.52. The molecular weight excluding hydrogens is 351 g/mol. The number of rotatable bonds is 4. The zero-order chi connectivity index (χ0) is 17.9. The van der Waals surface area contributed by atoms with Crippen LogP contribution in [0.3, 0.4) is 0 Å². The number of benzene rings is 2. The molecule has 0 spiro atoms. The molecule has 4 rings (SSSR count). The van der Waals surface area contributed by atoms with Crippen LogP contribution in [0.25, 0.3) is 5.69 Å². The monoisotopic (exact) mass is 370 g/mol. The van der Waals surface area contributed by atoms with E-state index < -0.39 is 0 Å². The average Bonchev–Trinajstić information content (AvgIpc) is 3.04. The highest BCUT2D eigenvalue weighted by molar-refractivity contribution is 7.71. The fraction of sp³-hybridized carbons (Fsp3) is 0.278. The molecule has 0 atom stereocenters. The van der Waals surface area contributed by atoms with E-state index in [0.29, 0.717) is 11.4 Å². The van der Waals surface area contributed by atoms with E-state index in [1.165, 1.54) is 12.1 Å². The van der Waals surface area contributed by atoms with Crippen LogP contribution in [0.5, 0.6) is 0 Å². The van der Waals surface area contributed by atoms with E-state index in [1.807, 2.05) is 42.5 Å². The molecule has 3 aromatic rings. The van der Waals surface area contributed by atoms with Gasteiger partial charge in [0, 0.05) is 31.9 Å². The molecule has 0 unspecified atom stereocenters. The third-order valence-electron chi connectivity index (χ3n) is 4.54. The number of aromatic nitrogens is 4. The second-order valence-electron chi connectivity index (χ2n) is 6.23. The van der Waals surface area contributed by atoms with Gasteiger partial charge in [0.05, 0.1) is 12.4 Å². The minimum absolute atomic E-state index is 0.205. The van der Waals surface area contributed by atoms with Gasteiger partial charge in [-0.1, -0.05) is 18.2 Å². The minimum Gasteiger partial charge on any atom is -0.369 e. The van der Waals surface area contributed by atoms with Crippen LogP contribution < -0.4 is 4.90 Å². The normalized spacial score (nSPS) is 15.3. The Bertz CT molecular complexity index is 913. The third-order valence-corrected chi connectivity index (χ3v) is 4.92. The Hall–Kier alpha value is -2.58. The quantitative estimate of drug-likeness (QED) is 0.661. The van der Waals surface area contributed by atoms with Gasteiger partial charge in [-0.25, -0.2) is 9.07 Å². The maximum atomic E-state index is 13.1. The highest BCUT2D eigenvalue weighted by Crippen LogP contribution is 2.17. The molecular formula is C18H19FN6S. The molecule has 8 heteroatoms. The van der Waals surface area contributed by atoms with Gasteiger partial charge in [-0.05, 0) is 59.0 Å². The van der Waals surface area contributed by atoms with Crippen molar-refractivity contribution in [3.63, 3.8) is 0 Å². The maximum Gasteiger partial charge on any atom is 0.221 e. The Morgan fingerprint density at radius 2 is 1.54 bits per heavy atom. The molecule has 134 valence electrons. The van der Waals surface area contributed by atoms with Crippen LogP contribution in [0, 0.1) is 10.6 Å². The van der Waals surface area contributed by atoms with Gasteiger partial charge < -0.3 is 4.90 Å². The topological polar surface area (TPSA) is 42.1 Å². The predicted molar refractivity (Wildman–Crippen MR) is 100 cm³/mol. The summed E-state index contributed by atoms with van der Waals surface area (Å²) in [5.41, 5.74) is 1.96. The Kier molecular flexibility index (Phi) is 4.77. The second-order valence-corrected chi connectivity index (χ2v) is 6.60. The molecule has 0 bridgehead atoms. The summed E-state index contributed by atoms with van der Waals surface area (Å²) in [7, 11) is 0. The molecule has 1 aliphatic heterocycles. The first-order valence-corrected chi connectivity index (χ1v) is 8.93. The summed E-state index contributed by atoms with van der Waals surface area (Å²) in [6.07, 6.45) is 0. The van der Waals surface area contributed by atoms with Crippen molar-refractivity contribution in [3.05, 3.63) is 65.2 Å². The van der Waals surface area contributed by atoms with E-state index in [-0.39, 0.29) is 5.82 Å². The molecule has 2 heterocycles. The largest absolute Gasteiger partial charge is 0.369 e. The standard InChI is InChI=1S/C18H19FN6S/c19-15-6-8-16(9-7-15)23-12-10-22(11-13-23)14-24-18(26)25(21-20-24)17-4-2-1-3-5-17/h1-9H,10-14H2. The SMILES string of the molecule is Fc1ccc(N2CCN(Cn3nnn(-c4ccccc4)c3=S)CC2)cc1. The molecule has 0 saturated carbocycles. The van der Waals surface area contributed by atoms with Gasteiger partial charge in [-0.15, -0.1) is 0 Å². The molecule has 6 nitrogen and oxygen atoms in total. The summed E-state index contributed by atoms with van der Waals surface area (Å²) in [6, 6.07) is 16.4. The lowest BCUT2D eigenvalue weighted by molar-refractivity contribution is 0.193. The van der Waals surface area contributed by atoms with Gasteiger partial charge in [-0.2, -0.15) is 4.68 Å². The highest BCUT2D eigenvalue weighted by atomic mass is 32.1. The van der Waals surface area contributed by atoms with E-state index in [4.69, 9.17) is 12.2 Å². The van der Waals surface area contributed by atoms with Crippen LogP contribution in [0.15, 0.2) is 54.6 Å². The summed E-state index contributed by atoms with van der Waals surface area (Å²) in [5, 5.41) is 8.38. The molecule has 0 N–H and O–H groups in total. The highest BCUT2D eigenvalue weighted by Gasteiger charge is 2.18. The Morgan fingerprint density at radius 3 is 2.23 bits per heavy atom. The molecule has 1 aliphatic rings. The molecule has 0 aliphatic carbocycles. The first-order chi connectivity index (χ1) is 12.7. The van der Waals surface area contributed by atoms with Crippen LogP contribution in [0.1, 0.15) is 0 Å². The molecule has 2 aromatic carbocycles. The van der Waals surface area contributed by atoms with Crippen molar-refractivity contribution in [3.8, 4) is 5.69 Å². The number of anilines is 1. The van der Waals surface area contributed by atoms with Gasteiger partial charge in [0.15, 0.2) is 0 Å². The average molecular weight is 370 g/mol. The van der Waals surface area contributed by atoms with Crippen molar-refractivity contribution in [1.29, 1.82) is 0 Å². The number of piperazine rings is 1. The van der Waals surface area contributed by atoms with Crippen molar-refractivity contribution in [2.75, 3.05) is 31.1 Å². The Morgan fingerprint density at radius 1 is 0.846 bits per heavy atom. The second kappa shape index (κ2) is 7.35. The smallest absolute Gasteiger partial charge is 0.221 e. The number of halogens is 1. The van der Waals surface area contributed by atoms with Crippen molar-refractivity contribution in [2.45, 2.75) is 6.67 Å². The molecule has 0 radical (unpaired) electrons. The predicted octanol–water partition coefficient (Wildman–Crippen LogP) is 2.72. The van der Waals surface area contributed by atoms with E-state index >= 15 is 0 Å². The van der Waals surface area contributed by atoms with Gasteiger partial charge in [-0.3, -0.25) is 4.90 Å². The minimum atomic E-state index is -0.205. The summed E-state index contributed by atoms with van der Waals surface area (Å²) in [6.45, 7) is 4.15. The van der Waals surface area contributed by atoms with Gasteiger partial charge >= 0.3 is 0 Å². The molecule has 26 heavy (non-hydrogen) atoms. The van der Waals surface area contributed by atoms with Crippen molar-refractivity contribution >= 4 is 17.9 Å². The zero-order valence-corrected chi connectivity index (χ0v) is 15.0. The lowest BCUT2D eigenvalue weighted by Gasteiger charge is -2.35. The summed E-state index contributed by atoms with van der Waals surface area (Å²) < 4.78 is 17.1. The lowest BCUT2D eigenvalue weighted by Crippen LogP contribution is -2.47. The molecule has 1 saturated heterocycles. The first kappa shape index (κ1) is 16.9. The van der Waals surface area contributed by atoms with Crippen molar-refractivity contribution < 1.29 is 4.39 Å². The van der Waals surface area contributed by atoms with Gasteiger partial charge in [0.2, 0.25) is 4.77 Å². The summed E-state index contributed by atoms with van der Waals surface area (Å²) in [5.74, 6) is -0.205. The van der Waals surface area contributed by atoms with E-state index in [0.717, 1.165) is 37.6 Å². The summed E-state index contributed by atoms with van der Waals surface area (Å²) in [4.78, 5) is 4.55. The fourth-order valence-electron chi connectivity index (χ4n) is 3.08. The molecule has 1 aromatic heterocycles. The van der Waals surface area contributed by atoms with Crippen LogP contribution in [0.2, 0.25) is 0 Å². The number of hydrogen-bond donors (Lipinski definition) is 0. The zero-order valence-electron chi connectivity index (χ0n) is 14.2. The van der Waals surface area contributed by atoms with Crippen LogP contribution >= 0.6 is 12.2 Å². The van der Waals surface area contributed by atoms with Crippen LogP contribution in [0.4, 0.5) is 10.1 Å². The van der Waals surface area contributed by atoms with E-state index in [9.17, 15) is 4.39 Å². The number of hydrogen-bond acceptors (Lipinski definition) is 5. The number of nitrogens with zero attached hydrogens (tertiary/aromatic N) is 6. The Balaban J connectivity index is 1.40. The number of para-hydroxylation sites is 1. The van der Waals surface area contributed by atoms with Gasteiger partial charge in [0.25, 0.3) is 0 Å². The van der Waals surface area contributed by atoms with E-state index in [2.05, 4.69) is 20.2 Å². The lowest BCUT2D eigenvalue weighted by atomic mass is 10.2. The summed E-state index contributed by atoms with van der Waals surface area (Å²) >= 11 is 5.52. The molecule has 1 fully saturated rings.